The molecule has 6 nitrogen and oxygen atoms in total. The summed E-state index contributed by atoms with van der Waals surface area (Å²) in [5.74, 6) is -2.16. The van der Waals surface area contributed by atoms with Crippen molar-refractivity contribution in [2.45, 2.75) is 23.6 Å². The molecule has 0 bridgehead atoms. The van der Waals surface area contributed by atoms with Gasteiger partial charge in [-0.25, -0.2) is 9.88 Å². The highest BCUT2D eigenvalue weighted by molar-refractivity contribution is 8.00. The quantitative estimate of drug-likeness (QED) is 0.757. The van der Waals surface area contributed by atoms with Crippen LogP contribution < -0.4 is 10.0 Å². The SMILES string of the molecule is Cc1c(Cl)cccc1N1C(=O)C[C@H](Sc2ncccc2C(=O)[O-])C1=O. The summed E-state index contributed by atoms with van der Waals surface area (Å²) < 4.78 is 0. The summed E-state index contributed by atoms with van der Waals surface area (Å²) in [6.45, 7) is 1.73. The number of benzene rings is 1. The van der Waals surface area contributed by atoms with Crippen molar-refractivity contribution >= 4 is 46.8 Å². The summed E-state index contributed by atoms with van der Waals surface area (Å²) in [5.41, 5.74) is 0.960. The average molecular weight is 376 g/mol. The molecule has 0 radical (unpaired) electrons. The minimum Gasteiger partial charge on any atom is -0.545 e. The van der Waals surface area contributed by atoms with Crippen LogP contribution in [0.4, 0.5) is 5.69 Å². The second-order valence-corrected chi connectivity index (χ2v) is 7.00. The lowest BCUT2D eigenvalue weighted by Crippen LogP contribution is -2.32. The van der Waals surface area contributed by atoms with Crippen molar-refractivity contribution in [3.05, 3.63) is 52.7 Å². The number of hydrogen-bond acceptors (Lipinski definition) is 6. The van der Waals surface area contributed by atoms with Crippen molar-refractivity contribution in [2.24, 2.45) is 0 Å². The molecule has 8 heteroatoms. The van der Waals surface area contributed by atoms with Gasteiger partial charge in [0.05, 0.1) is 16.9 Å². The van der Waals surface area contributed by atoms with Crippen LogP contribution in [-0.4, -0.2) is 28.0 Å². The molecule has 128 valence electrons. The molecular weight excluding hydrogens is 364 g/mol. The second kappa shape index (κ2) is 6.85. The highest BCUT2D eigenvalue weighted by atomic mass is 35.5. The van der Waals surface area contributed by atoms with Crippen molar-refractivity contribution in [1.82, 2.24) is 4.98 Å². The van der Waals surface area contributed by atoms with Crippen LogP contribution in [0.5, 0.6) is 0 Å². The van der Waals surface area contributed by atoms with Gasteiger partial charge in [-0.2, -0.15) is 0 Å². The van der Waals surface area contributed by atoms with Crippen LogP contribution in [0.2, 0.25) is 5.02 Å². The molecule has 2 heterocycles. The van der Waals surface area contributed by atoms with Crippen LogP contribution in [0, 0.1) is 6.92 Å². The number of aromatic nitrogens is 1. The predicted octanol–water partition coefficient (Wildman–Crippen LogP) is 1.83. The molecule has 0 saturated carbocycles. The van der Waals surface area contributed by atoms with E-state index in [2.05, 4.69) is 4.98 Å². The Labute approximate surface area is 152 Å². The number of hydrogen-bond donors (Lipinski definition) is 0. The number of halogens is 1. The van der Waals surface area contributed by atoms with Crippen LogP contribution in [0.15, 0.2) is 41.6 Å². The molecule has 1 atom stereocenters. The Balaban J connectivity index is 1.90. The van der Waals surface area contributed by atoms with Gasteiger partial charge in [-0.15, -0.1) is 0 Å². The molecule has 0 spiro atoms. The standard InChI is InChI=1S/C17H13ClN2O4S/c1-9-11(18)5-2-6-12(9)20-14(21)8-13(16(20)22)25-15-10(17(23)24)4-3-7-19-15/h2-7,13H,8H2,1H3,(H,23,24)/p-1/t13-/m0/s1. The first-order chi connectivity index (χ1) is 11.9. The lowest BCUT2D eigenvalue weighted by Gasteiger charge is -2.18. The number of thioether (sulfide) groups is 1. The Kier molecular flexibility index (Phi) is 4.78. The summed E-state index contributed by atoms with van der Waals surface area (Å²) >= 11 is 7.02. The number of pyridine rings is 1. The Morgan fingerprint density at radius 3 is 2.80 bits per heavy atom. The molecule has 0 unspecified atom stereocenters. The maximum atomic E-state index is 12.7. The number of amides is 2. The molecule has 2 amide bonds. The fraction of sp³-hybridized carbons (Fsp3) is 0.176. The summed E-state index contributed by atoms with van der Waals surface area (Å²) in [7, 11) is 0. The van der Waals surface area contributed by atoms with Gasteiger partial charge in [-0.3, -0.25) is 9.59 Å². The average Bonchev–Trinajstić information content (AvgIpc) is 2.85. The molecule has 1 aromatic carbocycles. The summed E-state index contributed by atoms with van der Waals surface area (Å²) in [5, 5.41) is 11.0. The Hall–Kier alpha value is -2.38. The lowest BCUT2D eigenvalue weighted by molar-refractivity contribution is -0.255. The second-order valence-electron chi connectivity index (χ2n) is 5.41. The minimum absolute atomic E-state index is 0.0431. The van der Waals surface area contributed by atoms with E-state index in [1.54, 1.807) is 25.1 Å². The third-order valence-corrected chi connectivity index (χ3v) is 5.44. The van der Waals surface area contributed by atoms with E-state index in [4.69, 9.17) is 11.6 Å². The van der Waals surface area contributed by atoms with E-state index in [1.807, 2.05) is 0 Å². The van der Waals surface area contributed by atoms with E-state index >= 15 is 0 Å². The van der Waals surface area contributed by atoms with E-state index < -0.39 is 17.1 Å². The maximum Gasteiger partial charge on any atom is 0.247 e. The van der Waals surface area contributed by atoms with Crippen molar-refractivity contribution in [3.8, 4) is 0 Å². The molecular formula is C17H12ClN2O4S-. The third kappa shape index (κ3) is 3.25. The number of carboxylic acids is 1. The summed E-state index contributed by atoms with van der Waals surface area (Å²) in [4.78, 5) is 41.3. The number of rotatable bonds is 4. The zero-order valence-electron chi connectivity index (χ0n) is 13.1. The summed E-state index contributed by atoms with van der Waals surface area (Å²) in [6.07, 6.45) is 1.38. The minimum atomic E-state index is -1.38. The third-order valence-electron chi connectivity index (χ3n) is 3.83. The molecule has 3 rings (SSSR count). The predicted molar refractivity (Wildman–Crippen MR) is 91.5 cm³/mol. The van der Waals surface area contributed by atoms with Gasteiger partial charge in [0.2, 0.25) is 11.8 Å². The highest BCUT2D eigenvalue weighted by Gasteiger charge is 2.41. The topological polar surface area (TPSA) is 90.4 Å². The van der Waals surface area contributed by atoms with Crippen LogP contribution in [0.25, 0.3) is 0 Å². The van der Waals surface area contributed by atoms with Gasteiger partial charge in [-0.1, -0.05) is 29.4 Å². The molecule has 1 fully saturated rings. The van der Waals surface area contributed by atoms with Crippen LogP contribution in [-0.2, 0) is 9.59 Å². The molecule has 0 N–H and O–H groups in total. The van der Waals surface area contributed by atoms with Gasteiger partial charge in [0.1, 0.15) is 5.03 Å². The first-order valence-corrected chi connectivity index (χ1v) is 8.61. The Bertz CT molecular complexity index is 887. The molecule has 2 aromatic rings. The van der Waals surface area contributed by atoms with Crippen molar-refractivity contribution < 1.29 is 19.5 Å². The van der Waals surface area contributed by atoms with E-state index in [9.17, 15) is 19.5 Å². The number of imide groups is 1. The molecule has 25 heavy (non-hydrogen) atoms. The monoisotopic (exact) mass is 375 g/mol. The van der Waals surface area contributed by atoms with Gasteiger partial charge in [-0.05, 0) is 36.8 Å². The molecule has 1 aliphatic heterocycles. The van der Waals surface area contributed by atoms with Crippen LogP contribution in [0.1, 0.15) is 22.3 Å². The van der Waals surface area contributed by atoms with E-state index in [1.165, 1.54) is 18.3 Å². The fourth-order valence-electron chi connectivity index (χ4n) is 2.56. The highest BCUT2D eigenvalue weighted by Crippen LogP contribution is 2.36. The molecule has 1 aliphatic rings. The number of anilines is 1. The van der Waals surface area contributed by atoms with Crippen molar-refractivity contribution in [2.75, 3.05) is 4.90 Å². The zero-order chi connectivity index (χ0) is 18.1. The van der Waals surface area contributed by atoms with Crippen LogP contribution >= 0.6 is 23.4 Å². The largest absolute Gasteiger partial charge is 0.545 e. The zero-order valence-corrected chi connectivity index (χ0v) is 14.6. The van der Waals surface area contributed by atoms with E-state index in [-0.39, 0.29) is 22.9 Å². The number of carbonyl (C=O) groups excluding carboxylic acids is 3. The molecule has 0 aliphatic carbocycles. The first kappa shape index (κ1) is 17.4. The Morgan fingerprint density at radius 1 is 1.32 bits per heavy atom. The number of carboxylic acid groups (broad SMARTS) is 1. The molecule has 1 saturated heterocycles. The van der Waals surface area contributed by atoms with Crippen molar-refractivity contribution in [3.63, 3.8) is 0 Å². The lowest BCUT2D eigenvalue weighted by atomic mass is 10.2. The number of carbonyl (C=O) groups is 3. The maximum absolute atomic E-state index is 12.7. The van der Waals surface area contributed by atoms with E-state index in [0.29, 0.717) is 16.3 Å². The van der Waals surface area contributed by atoms with Gasteiger partial charge in [0.25, 0.3) is 0 Å². The number of aromatic carboxylic acids is 1. The first-order valence-electron chi connectivity index (χ1n) is 7.35. The van der Waals surface area contributed by atoms with Gasteiger partial charge in [0, 0.05) is 23.2 Å². The van der Waals surface area contributed by atoms with Crippen LogP contribution in [0.3, 0.4) is 0 Å². The van der Waals surface area contributed by atoms with Gasteiger partial charge >= 0.3 is 0 Å². The van der Waals surface area contributed by atoms with E-state index in [0.717, 1.165) is 16.7 Å². The Morgan fingerprint density at radius 2 is 2.08 bits per heavy atom. The normalized spacial score (nSPS) is 17.2. The van der Waals surface area contributed by atoms with Gasteiger partial charge < -0.3 is 9.90 Å². The fourth-order valence-corrected chi connectivity index (χ4v) is 3.83. The summed E-state index contributed by atoms with van der Waals surface area (Å²) in [6, 6.07) is 7.82. The van der Waals surface area contributed by atoms with Gasteiger partial charge in [0.15, 0.2) is 0 Å². The smallest absolute Gasteiger partial charge is 0.247 e. The molecule has 1 aromatic heterocycles. The number of nitrogens with zero attached hydrogens (tertiary/aromatic N) is 2. The van der Waals surface area contributed by atoms with Crippen molar-refractivity contribution in [1.29, 1.82) is 0 Å².